The summed E-state index contributed by atoms with van der Waals surface area (Å²) >= 11 is 0. The summed E-state index contributed by atoms with van der Waals surface area (Å²) in [6.45, 7) is 6.45. The summed E-state index contributed by atoms with van der Waals surface area (Å²) in [5, 5.41) is 8.42. The molecule has 166 valence electrons. The smallest absolute Gasteiger partial charge is 0.261 e. The van der Waals surface area contributed by atoms with Crippen molar-refractivity contribution in [2.45, 2.75) is 55.7 Å². The molecule has 1 saturated heterocycles. The Balaban J connectivity index is 1.70. The Morgan fingerprint density at radius 2 is 1.87 bits per heavy atom. The van der Waals surface area contributed by atoms with Gasteiger partial charge in [0.2, 0.25) is 0 Å². The van der Waals surface area contributed by atoms with Gasteiger partial charge in [-0.15, -0.1) is 0 Å². The minimum absolute atomic E-state index is 0.154. The zero-order valence-corrected chi connectivity index (χ0v) is 18.8. The van der Waals surface area contributed by atoms with E-state index in [1.807, 2.05) is 10.7 Å². The Morgan fingerprint density at radius 1 is 1.13 bits per heavy atom. The van der Waals surface area contributed by atoms with Crippen LogP contribution < -0.4 is 10.9 Å². The number of H-pyrrole nitrogens is 1. The molecule has 1 atom stereocenters. The van der Waals surface area contributed by atoms with Crippen LogP contribution >= 0.6 is 0 Å². The predicted octanol–water partition coefficient (Wildman–Crippen LogP) is 3.78. The number of nitrogens with one attached hydrogen (secondary N) is 2. The lowest BCUT2D eigenvalue weighted by molar-refractivity contribution is 0.141. The van der Waals surface area contributed by atoms with Gasteiger partial charge in [0, 0.05) is 25.1 Å². The van der Waals surface area contributed by atoms with Crippen LogP contribution in [-0.2, 0) is 14.6 Å². The Bertz CT molecular complexity index is 1230. The van der Waals surface area contributed by atoms with Crippen LogP contribution in [0.15, 0.2) is 46.2 Å². The summed E-state index contributed by atoms with van der Waals surface area (Å²) in [4.78, 5) is 15.6. The minimum atomic E-state index is -3.44. The average Bonchev–Trinajstić information content (AvgIpc) is 2.89. The van der Waals surface area contributed by atoms with Gasteiger partial charge in [0.1, 0.15) is 5.39 Å². The molecule has 9 heteroatoms. The summed E-state index contributed by atoms with van der Waals surface area (Å²) < 4.78 is 31.9. The highest BCUT2D eigenvalue weighted by molar-refractivity contribution is 7.92. The summed E-state index contributed by atoms with van der Waals surface area (Å²) in [5.41, 5.74) is 1.21. The molecule has 3 heterocycles. The molecule has 1 aliphatic heterocycles. The predicted molar refractivity (Wildman–Crippen MR) is 121 cm³/mol. The van der Waals surface area contributed by atoms with E-state index in [4.69, 9.17) is 9.84 Å². The third-order valence-corrected chi connectivity index (χ3v) is 8.14. The molecule has 3 aromatic rings. The molecule has 8 nitrogen and oxygen atoms in total. The third kappa shape index (κ3) is 4.12. The van der Waals surface area contributed by atoms with Crippen LogP contribution in [-0.4, -0.2) is 41.1 Å². The minimum Gasteiger partial charge on any atom is -0.381 e. The molecule has 0 aliphatic carbocycles. The first-order valence-electron chi connectivity index (χ1n) is 10.5. The number of rotatable bonds is 4. The van der Waals surface area contributed by atoms with Gasteiger partial charge in [-0.25, -0.2) is 8.42 Å². The highest BCUT2D eigenvalue weighted by Crippen LogP contribution is 2.31. The number of nitrogens with zero attached hydrogens (tertiary/aromatic N) is 2. The highest BCUT2D eigenvalue weighted by atomic mass is 32.2. The Labute approximate surface area is 181 Å². The monoisotopic (exact) mass is 444 g/mol. The number of hydrogen-bond donors (Lipinski definition) is 2. The fourth-order valence-electron chi connectivity index (χ4n) is 3.80. The van der Waals surface area contributed by atoms with Crippen molar-refractivity contribution in [1.82, 2.24) is 14.8 Å². The van der Waals surface area contributed by atoms with Crippen molar-refractivity contribution in [3.63, 3.8) is 0 Å². The van der Waals surface area contributed by atoms with Crippen LogP contribution in [0.1, 0.15) is 46.1 Å². The van der Waals surface area contributed by atoms with Gasteiger partial charge >= 0.3 is 0 Å². The lowest BCUT2D eigenvalue weighted by Gasteiger charge is -2.19. The molecule has 1 fully saturated rings. The molecular weight excluding hydrogens is 416 g/mol. The van der Waals surface area contributed by atoms with E-state index in [1.54, 1.807) is 51.2 Å². The van der Waals surface area contributed by atoms with E-state index in [0.717, 1.165) is 31.4 Å². The molecular formula is C22H28N4O4S. The summed E-state index contributed by atoms with van der Waals surface area (Å²) in [6.07, 6.45) is 4.35. The first-order valence-corrected chi connectivity index (χ1v) is 12.0. The van der Waals surface area contributed by atoms with Crippen LogP contribution in [0.5, 0.6) is 0 Å². The van der Waals surface area contributed by atoms with Crippen LogP contribution in [0, 0.1) is 0 Å². The lowest BCUT2D eigenvalue weighted by atomic mass is 10.1. The van der Waals surface area contributed by atoms with Gasteiger partial charge in [-0.2, -0.15) is 5.10 Å². The van der Waals surface area contributed by atoms with Crippen molar-refractivity contribution in [1.29, 1.82) is 0 Å². The maximum atomic E-state index is 12.7. The second kappa shape index (κ2) is 8.12. The van der Waals surface area contributed by atoms with Crippen LogP contribution in [0.4, 0.5) is 11.5 Å². The van der Waals surface area contributed by atoms with Gasteiger partial charge in [0.05, 0.1) is 21.2 Å². The molecule has 4 rings (SSSR count). The maximum Gasteiger partial charge on any atom is 0.261 e. The SMILES string of the molecule is CC(C)(C)S(=O)(=O)c1ccc(Nc2nn(C3CCCOCC3)c3cc[nH]c(=O)c23)cc1. The molecule has 1 aliphatic rings. The number of aromatic nitrogens is 3. The fourth-order valence-corrected chi connectivity index (χ4v) is 5.01. The zero-order chi connectivity index (χ0) is 22.2. The number of sulfone groups is 1. The van der Waals surface area contributed by atoms with Crippen molar-refractivity contribution >= 4 is 32.2 Å². The normalized spacial score (nSPS) is 18.1. The van der Waals surface area contributed by atoms with Crippen molar-refractivity contribution in [2.24, 2.45) is 0 Å². The first-order chi connectivity index (χ1) is 14.7. The molecule has 0 amide bonds. The number of aromatic amines is 1. The van der Waals surface area contributed by atoms with Gasteiger partial charge < -0.3 is 15.0 Å². The number of hydrogen-bond acceptors (Lipinski definition) is 6. The van der Waals surface area contributed by atoms with E-state index in [0.29, 0.717) is 23.5 Å². The van der Waals surface area contributed by atoms with Crippen LogP contribution in [0.3, 0.4) is 0 Å². The molecule has 2 N–H and O–H groups in total. The molecule has 31 heavy (non-hydrogen) atoms. The van der Waals surface area contributed by atoms with E-state index in [9.17, 15) is 13.2 Å². The Kier molecular flexibility index (Phi) is 5.65. The van der Waals surface area contributed by atoms with E-state index in [2.05, 4.69) is 10.3 Å². The van der Waals surface area contributed by atoms with E-state index in [-0.39, 0.29) is 16.5 Å². The van der Waals surface area contributed by atoms with Gasteiger partial charge in [0.25, 0.3) is 5.56 Å². The van der Waals surface area contributed by atoms with E-state index >= 15 is 0 Å². The maximum absolute atomic E-state index is 12.7. The standard InChI is InChI=1S/C22H28N4O4S/c1-22(2,3)31(28,29)17-8-6-15(7-9-17)24-20-19-18(10-12-23-21(19)27)26(25-20)16-5-4-13-30-14-11-16/h6-10,12,16H,4-5,11,13-14H2,1-3H3,(H,23,27)(H,24,25). The Hall–Kier alpha value is -2.65. The second-order valence-electron chi connectivity index (χ2n) is 8.82. The lowest BCUT2D eigenvalue weighted by Crippen LogP contribution is -2.27. The summed E-state index contributed by atoms with van der Waals surface area (Å²) in [7, 11) is -3.44. The molecule has 0 radical (unpaired) electrons. The average molecular weight is 445 g/mol. The number of fused-ring (bicyclic) bond motifs is 1. The number of pyridine rings is 1. The molecule has 2 aromatic heterocycles. The molecule has 0 saturated carbocycles. The molecule has 1 aromatic carbocycles. The van der Waals surface area contributed by atoms with Gasteiger partial charge in [-0.05, 0) is 70.4 Å². The Morgan fingerprint density at radius 3 is 2.58 bits per heavy atom. The zero-order valence-electron chi connectivity index (χ0n) is 18.0. The fraction of sp³-hybridized carbons (Fsp3) is 0.455. The molecule has 1 unspecified atom stereocenters. The van der Waals surface area contributed by atoms with E-state index < -0.39 is 14.6 Å². The van der Waals surface area contributed by atoms with Crippen molar-refractivity contribution in [3.8, 4) is 0 Å². The van der Waals surface area contributed by atoms with Crippen molar-refractivity contribution in [2.75, 3.05) is 18.5 Å². The molecule has 0 bridgehead atoms. The molecule has 0 spiro atoms. The summed E-state index contributed by atoms with van der Waals surface area (Å²) in [5.74, 6) is 0.452. The van der Waals surface area contributed by atoms with Crippen molar-refractivity contribution < 1.29 is 13.2 Å². The highest BCUT2D eigenvalue weighted by Gasteiger charge is 2.30. The number of anilines is 2. The van der Waals surface area contributed by atoms with Crippen molar-refractivity contribution in [3.05, 3.63) is 46.9 Å². The largest absolute Gasteiger partial charge is 0.381 e. The first kappa shape index (κ1) is 21.6. The topological polar surface area (TPSA) is 106 Å². The van der Waals surface area contributed by atoms with E-state index in [1.165, 1.54) is 0 Å². The van der Waals surface area contributed by atoms with Gasteiger partial charge in [0.15, 0.2) is 15.7 Å². The second-order valence-corrected chi connectivity index (χ2v) is 11.5. The number of ether oxygens (including phenoxy) is 1. The number of benzene rings is 1. The summed E-state index contributed by atoms with van der Waals surface area (Å²) in [6, 6.07) is 8.56. The van der Waals surface area contributed by atoms with Crippen LogP contribution in [0.25, 0.3) is 10.9 Å². The van der Waals surface area contributed by atoms with Crippen LogP contribution in [0.2, 0.25) is 0 Å². The van der Waals surface area contributed by atoms with Gasteiger partial charge in [-0.3, -0.25) is 9.48 Å². The van der Waals surface area contributed by atoms with Gasteiger partial charge in [-0.1, -0.05) is 0 Å². The third-order valence-electron chi connectivity index (χ3n) is 5.63. The quantitative estimate of drug-likeness (QED) is 0.634.